The van der Waals surface area contributed by atoms with Crippen LogP contribution in [-0.2, 0) is 4.79 Å². The van der Waals surface area contributed by atoms with Gasteiger partial charge in [-0.05, 0) is 31.8 Å². The number of fused-ring (bicyclic) bond motifs is 3. The van der Waals surface area contributed by atoms with E-state index in [1.165, 1.54) is 0 Å². The molecule has 1 atom stereocenters. The molecular formula is C10H18N4O2. The third-order valence-corrected chi connectivity index (χ3v) is 3.47. The number of amides is 1. The highest BCUT2D eigenvalue weighted by Gasteiger charge is 2.34. The topological polar surface area (TPSA) is 91.0 Å². The molecule has 3 fully saturated rings. The van der Waals surface area contributed by atoms with Crippen molar-refractivity contribution in [3.05, 3.63) is 0 Å². The molecule has 0 aromatic heterocycles. The first kappa shape index (κ1) is 11.2. The Balaban J connectivity index is 1.83. The van der Waals surface area contributed by atoms with E-state index in [9.17, 15) is 4.79 Å². The summed E-state index contributed by atoms with van der Waals surface area (Å²) in [6.45, 7) is 3.24. The lowest BCUT2D eigenvalue weighted by molar-refractivity contribution is -0.122. The summed E-state index contributed by atoms with van der Waals surface area (Å²) in [5.41, 5.74) is 5.28. The maximum absolute atomic E-state index is 11.6. The molecule has 3 heterocycles. The first-order chi connectivity index (χ1) is 7.69. The minimum atomic E-state index is -0.158. The van der Waals surface area contributed by atoms with Gasteiger partial charge in [-0.2, -0.15) is 0 Å². The van der Waals surface area contributed by atoms with Gasteiger partial charge in [-0.15, -0.1) is 0 Å². The summed E-state index contributed by atoms with van der Waals surface area (Å²) in [5, 5.41) is 14.1. The Morgan fingerprint density at radius 3 is 2.69 bits per heavy atom. The molecule has 4 N–H and O–H groups in total. The summed E-state index contributed by atoms with van der Waals surface area (Å²) in [7, 11) is 0. The van der Waals surface area contributed by atoms with Crippen LogP contribution in [0.5, 0.6) is 0 Å². The van der Waals surface area contributed by atoms with Gasteiger partial charge in [-0.3, -0.25) is 4.79 Å². The maximum Gasteiger partial charge on any atom is 0.227 e. The molecule has 0 aromatic rings. The summed E-state index contributed by atoms with van der Waals surface area (Å²) in [6.07, 6.45) is 2.29. The lowest BCUT2D eigenvalue weighted by Gasteiger charge is -2.44. The molecule has 0 spiro atoms. The third-order valence-electron chi connectivity index (χ3n) is 3.47. The van der Waals surface area contributed by atoms with Gasteiger partial charge < -0.3 is 21.2 Å². The summed E-state index contributed by atoms with van der Waals surface area (Å²) in [4.78, 5) is 13.9. The molecule has 0 radical (unpaired) electrons. The highest BCUT2D eigenvalue weighted by molar-refractivity contribution is 5.98. The van der Waals surface area contributed by atoms with Gasteiger partial charge >= 0.3 is 0 Å². The van der Waals surface area contributed by atoms with E-state index in [1.54, 1.807) is 0 Å². The monoisotopic (exact) mass is 226 g/mol. The molecule has 1 amide bonds. The minimum Gasteiger partial charge on any atom is -0.409 e. The van der Waals surface area contributed by atoms with Crippen molar-refractivity contribution in [3.8, 4) is 0 Å². The van der Waals surface area contributed by atoms with E-state index in [4.69, 9.17) is 10.9 Å². The molecule has 90 valence electrons. The van der Waals surface area contributed by atoms with Gasteiger partial charge in [0.2, 0.25) is 5.91 Å². The molecule has 0 aromatic carbocycles. The summed E-state index contributed by atoms with van der Waals surface area (Å²) in [6, 6.07) is 0.237. The first-order valence-electron chi connectivity index (χ1n) is 5.67. The van der Waals surface area contributed by atoms with Crippen LogP contribution in [0.15, 0.2) is 5.16 Å². The number of rotatable bonds is 3. The van der Waals surface area contributed by atoms with Gasteiger partial charge in [0.25, 0.3) is 0 Å². The second-order valence-electron chi connectivity index (χ2n) is 4.58. The van der Waals surface area contributed by atoms with E-state index in [-0.39, 0.29) is 24.2 Å². The van der Waals surface area contributed by atoms with Gasteiger partial charge in [-0.1, -0.05) is 5.16 Å². The summed E-state index contributed by atoms with van der Waals surface area (Å²) >= 11 is 0. The van der Waals surface area contributed by atoms with Gasteiger partial charge in [0.05, 0.1) is 6.42 Å². The molecule has 3 rings (SSSR count). The number of carbonyl (C=O) groups excluding carboxylic acids is 1. The van der Waals surface area contributed by atoms with Crippen LogP contribution < -0.4 is 11.1 Å². The maximum atomic E-state index is 11.6. The molecule has 0 aliphatic carbocycles. The van der Waals surface area contributed by atoms with Gasteiger partial charge in [-0.25, -0.2) is 0 Å². The van der Waals surface area contributed by atoms with Crippen LogP contribution in [0.3, 0.4) is 0 Å². The smallest absolute Gasteiger partial charge is 0.227 e. The van der Waals surface area contributed by atoms with Crippen molar-refractivity contribution < 1.29 is 10.0 Å². The second-order valence-corrected chi connectivity index (χ2v) is 4.58. The normalized spacial score (nSPS) is 33.8. The lowest BCUT2D eigenvalue weighted by Crippen LogP contribution is -2.57. The van der Waals surface area contributed by atoms with E-state index >= 15 is 0 Å². The number of nitrogens with zero attached hydrogens (tertiary/aromatic N) is 2. The fourth-order valence-corrected chi connectivity index (χ4v) is 2.59. The van der Waals surface area contributed by atoms with Gasteiger partial charge in [0, 0.05) is 12.6 Å². The number of hydrogen-bond donors (Lipinski definition) is 3. The Morgan fingerprint density at radius 1 is 1.50 bits per heavy atom. The number of carbonyl (C=O) groups is 1. The SMILES string of the molecule is N/C(CC(=O)NC1CN2CCC1CC2)=N\O. The predicted octanol–water partition coefficient (Wildman–Crippen LogP) is -0.667. The molecule has 16 heavy (non-hydrogen) atoms. The van der Waals surface area contributed by atoms with E-state index < -0.39 is 0 Å². The van der Waals surface area contributed by atoms with Gasteiger partial charge in [0.1, 0.15) is 5.84 Å². The molecular weight excluding hydrogens is 208 g/mol. The van der Waals surface area contributed by atoms with Crippen LogP contribution >= 0.6 is 0 Å². The van der Waals surface area contributed by atoms with Crippen LogP contribution in [0.25, 0.3) is 0 Å². The Hall–Kier alpha value is -1.30. The summed E-state index contributed by atoms with van der Waals surface area (Å²) in [5.74, 6) is 0.397. The zero-order valence-electron chi connectivity index (χ0n) is 9.22. The van der Waals surface area contributed by atoms with E-state index in [0.717, 1.165) is 32.5 Å². The number of amidine groups is 1. The molecule has 3 aliphatic rings. The zero-order valence-corrected chi connectivity index (χ0v) is 9.22. The molecule has 3 saturated heterocycles. The van der Waals surface area contributed by atoms with E-state index in [2.05, 4.69) is 15.4 Å². The standard InChI is InChI=1S/C10H18N4O2/c11-9(13-16)5-10(15)12-8-6-14-3-1-7(8)2-4-14/h7-8,16H,1-6H2,(H2,11,13)(H,12,15). The minimum absolute atomic E-state index is 0.0281. The average molecular weight is 226 g/mol. The number of oxime groups is 1. The molecule has 6 nitrogen and oxygen atoms in total. The molecule has 6 heteroatoms. The van der Waals surface area contributed by atoms with Crippen LogP contribution in [0.2, 0.25) is 0 Å². The number of hydrogen-bond acceptors (Lipinski definition) is 4. The van der Waals surface area contributed by atoms with Crippen LogP contribution in [0, 0.1) is 5.92 Å². The van der Waals surface area contributed by atoms with Crippen molar-refractivity contribution in [1.82, 2.24) is 10.2 Å². The Labute approximate surface area is 94.5 Å². The van der Waals surface area contributed by atoms with E-state index in [0.29, 0.717) is 5.92 Å². The Bertz CT molecular complexity index is 297. The highest BCUT2D eigenvalue weighted by Crippen LogP contribution is 2.27. The van der Waals surface area contributed by atoms with Crippen LogP contribution in [-0.4, -0.2) is 47.5 Å². The average Bonchev–Trinajstić information content (AvgIpc) is 2.30. The Kier molecular flexibility index (Phi) is 3.28. The fourth-order valence-electron chi connectivity index (χ4n) is 2.59. The number of piperidine rings is 3. The van der Waals surface area contributed by atoms with Crippen LogP contribution in [0.4, 0.5) is 0 Å². The van der Waals surface area contributed by atoms with Crippen molar-refractivity contribution in [1.29, 1.82) is 0 Å². The number of nitrogens with two attached hydrogens (primary N) is 1. The highest BCUT2D eigenvalue weighted by atomic mass is 16.4. The molecule has 1 unspecified atom stereocenters. The number of nitrogens with one attached hydrogen (secondary N) is 1. The molecule has 3 aliphatic heterocycles. The van der Waals surface area contributed by atoms with Crippen molar-refractivity contribution in [3.63, 3.8) is 0 Å². The third kappa shape index (κ3) is 2.44. The first-order valence-corrected chi connectivity index (χ1v) is 5.67. The largest absolute Gasteiger partial charge is 0.409 e. The Morgan fingerprint density at radius 2 is 2.19 bits per heavy atom. The van der Waals surface area contributed by atoms with Crippen molar-refractivity contribution >= 4 is 11.7 Å². The van der Waals surface area contributed by atoms with Gasteiger partial charge in [0.15, 0.2) is 0 Å². The lowest BCUT2D eigenvalue weighted by atomic mass is 9.84. The predicted molar refractivity (Wildman–Crippen MR) is 59.1 cm³/mol. The summed E-state index contributed by atoms with van der Waals surface area (Å²) < 4.78 is 0. The quantitative estimate of drug-likeness (QED) is 0.258. The molecule has 0 saturated carbocycles. The van der Waals surface area contributed by atoms with Crippen molar-refractivity contribution in [2.24, 2.45) is 16.8 Å². The second kappa shape index (κ2) is 4.69. The molecule has 2 bridgehead atoms. The van der Waals surface area contributed by atoms with Crippen molar-refractivity contribution in [2.75, 3.05) is 19.6 Å². The zero-order chi connectivity index (χ0) is 11.5. The fraction of sp³-hybridized carbons (Fsp3) is 0.800. The van der Waals surface area contributed by atoms with Crippen molar-refractivity contribution in [2.45, 2.75) is 25.3 Å². The van der Waals surface area contributed by atoms with E-state index in [1.807, 2.05) is 0 Å². The van der Waals surface area contributed by atoms with Crippen LogP contribution in [0.1, 0.15) is 19.3 Å².